The molecule has 1 N–H and O–H groups in total. The van der Waals surface area contributed by atoms with Crippen molar-refractivity contribution in [3.05, 3.63) is 58.9 Å². The van der Waals surface area contributed by atoms with Gasteiger partial charge in [0.25, 0.3) is 0 Å². The molecule has 0 bridgehead atoms. The average molecular weight is 419 g/mol. The first-order valence-corrected chi connectivity index (χ1v) is 10.9. The molecule has 0 fully saturated rings. The lowest BCUT2D eigenvalue weighted by Crippen LogP contribution is -2.14. The Kier molecular flexibility index (Phi) is 5.90. The molecule has 0 saturated carbocycles. The van der Waals surface area contributed by atoms with E-state index in [0.29, 0.717) is 0 Å². The molecular weight excluding hydrogens is 392 g/mol. The molecule has 1 aromatic carbocycles. The van der Waals surface area contributed by atoms with Crippen LogP contribution in [0.2, 0.25) is 0 Å². The molecule has 4 aromatic rings. The van der Waals surface area contributed by atoms with Crippen molar-refractivity contribution >= 4 is 33.3 Å². The van der Waals surface area contributed by atoms with Gasteiger partial charge in [-0.1, -0.05) is 24.3 Å². The summed E-state index contributed by atoms with van der Waals surface area (Å²) >= 11 is 1.71. The summed E-state index contributed by atoms with van der Waals surface area (Å²) in [7, 11) is 3.94. The smallest absolute Gasteiger partial charge is 0.228 e. The molecule has 30 heavy (non-hydrogen) atoms. The Hall–Kier alpha value is -3.06. The van der Waals surface area contributed by atoms with E-state index in [4.69, 9.17) is 4.98 Å². The van der Waals surface area contributed by atoms with Crippen molar-refractivity contribution in [2.75, 3.05) is 30.9 Å². The number of nitrogens with zero attached hydrogens (tertiary/aromatic N) is 5. The van der Waals surface area contributed by atoms with E-state index in [9.17, 15) is 0 Å². The van der Waals surface area contributed by atoms with Gasteiger partial charge in [-0.15, -0.1) is 11.3 Å². The molecule has 6 nitrogen and oxygen atoms in total. The number of thiophene rings is 1. The topological polar surface area (TPSA) is 66.8 Å². The first-order chi connectivity index (χ1) is 14.5. The summed E-state index contributed by atoms with van der Waals surface area (Å²) in [6, 6.07) is 10.7. The summed E-state index contributed by atoms with van der Waals surface area (Å²) in [5.41, 5.74) is 4.24. The quantitative estimate of drug-likeness (QED) is 0.432. The third-order valence-electron chi connectivity index (χ3n) is 4.87. The van der Waals surface area contributed by atoms with Crippen molar-refractivity contribution in [1.82, 2.24) is 19.9 Å². The van der Waals surface area contributed by atoms with Crippen LogP contribution in [0.5, 0.6) is 0 Å². The van der Waals surface area contributed by atoms with Crippen molar-refractivity contribution in [2.45, 2.75) is 26.7 Å². The Morgan fingerprint density at radius 2 is 1.80 bits per heavy atom. The minimum atomic E-state index is 0.738. The first kappa shape index (κ1) is 20.2. The fraction of sp³-hybridized carbons (Fsp3) is 0.304. The van der Waals surface area contributed by atoms with Crippen molar-refractivity contribution < 1.29 is 0 Å². The van der Waals surface area contributed by atoms with Crippen LogP contribution in [0.4, 0.5) is 11.8 Å². The molecular formula is C23H26N6S. The van der Waals surface area contributed by atoms with Crippen molar-refractivity contribution in [1.29, 1.82) is 0 Å². The van der Waals surface area contributed by atoms with E-state index >= 15 is 0 Å². The predicted molar refractivity (Wildman–Crippen MR) is 125 cm³/mol. The molecule has 0 unspecified atom stereocenters. The van der Waals surface area contributed by atoms with Gasteiger partial charge < -0.3 is 10.2 Å². The predicted octanol–water partition coefficient (Wildman–Crippen LogP) is 4.88. The molecule has 4 rings (SSSR count). The van der Waals surface area contributed by atoms with Crippen LogP contribution in [0.3, 0.4) is 0 Å². The van der Waals surface area contributed by atoms with E-state index < -0.39 is 0 Å². The largest absolute Gasteiger partial charge is 0.369 e. The van der Waals surface area contributed by atoms with E-state index in [1.807, 2.05) is 32.1 Å². The molecule has 0 aliphatic heterocycles. The summed E-state index contributed by atoms with van der Waals surface area (Å²) in [4.78, 5) is 22.4. The van der Waals surface area contributed by atoms with Gasteiger partial charge in [0.1, 0.15) is 10.6 Å². The second-order valence-corrected chi connectivity index (χ2v) is 8.85. The van der Waals surface area contributed by atoms with Gasteiger partial charge in [0.15, 0.2) is 0 Å². The third-order valence-corrected chi connectivity index (χ3v) is 5.81. The standard InChI is InChI=1S/C23H26N6S/c1-15-13-26-20(14-25-15)18-9-7-17(8-10-18)6-5-11-24-21-19-12-16(2)30-22(19)28-23(27-21)29(3)4/h7-10,12-14H,5-6,11H2,1-4H3,(H,24,27,28). The molecule has 3 aromatic heterocycles. The van der Waals surface area contributed by atoms with Crippen LogP contribution < -0.4 is 10.2 Å². The number of hydrogen-bond donors (Lipinski definition) is 1. The Labute approximate surface area is 181 Å². The average Bonchev–Trinajstić information content (AvgIpc) is 3.12. The number of rotatable bonds is 7. The van der Waals surface area contributed by atoms with E-state index in [0.717, 1.165) is 58.3 Å². The van der Waals surface area contributed by atoms with Crippen LogP contribution in [0.25, 0.3) is 21.5 Å². The Morgan fingerprint density at radius 1 is 1.00 bits per heavy atom. The number of aryl methyl sites for hydroxylation is 3. The zero-order chi connectivity index (χ0) is 21.1. The third kappa shape index (κ3) is 4.57. The van der Waals surface area contributed by atoms with Crippen LogP contribution in [-0.2, 0) is 6.42 Å². The highest BCUT2D eigenvalue weighted by molar-refractivity contribution is 7.18. The van der Waals surface area contributed by atoms with Crippen LogP contribution in [0.15, 0.2) is 42.7 Å². The Morgan fingerprint density at radius 3 is 2.50 bits per heavy atom. The SMILES string of the molecule is Cc1cnc(-c2ccc(CCCNc3nc(N(C)C)nc4sc(C)cc34)cc2)cn1. The molecule has 0 aliphatic rings. The van der Waals surface area contributed by atoms with E-state index in [-0.39, 0.29) is 0 Å². The maximum atomic E-state index is 4.71. The highest BCUT2D eigenvalue weighted by Crippen LogP contribution is 2.30. The maximum Gasteiger partial charge on any atom is 0.228 e. The van der Waals surface area contributed by atoms with Gasteiger partial charge in [0.2, 0.25) is 5.95 Å². The molecule has 7 heteroatoms. The van der Waals surface area contributed by atoms with Gasteiger partial charge in [-0.3, -0.25) is 9.97 Å². The lowest BCUT2D eigenvalue weighted by molar-refractivity contribution is 0.858. The van der Waals surface area contributed by atoms with Crippen molar-refractivity contribution in [2.24, 2.45) is 0 Å². The number of fused-ring (bicyclic) bond motifs is 1. The summed E-state index contributed by atoms with van der Waals surface area (Å²) in [6.45, 7) is 4.91. The lowest BCUT2D eigenvalue weighted by atomic mass is 10.1. The molecule has 0 atom stereocenters. The Bertz CT molecular complexity index is 1130. The lowest BCUT2D eigenvalue weighted by Gasteiger charge is -2.13. The van der Waals surface area contributed by atoms with Crippen LogP contribution in [-0.4, -0.2) is 40.6 Å². The van der Waals surface area contributed by atoms with Crippen molar-refractivity contribution in [3.63, 3.8) is 0 Å². The maximum absolute atomic E-state index is 4.71. The number of aromatic nitrogens is 4. The minimum absolute atomic E-state index is 0.738. The second kappa shape index (κ2) is 8.75. The second-order valence-electron chi connectivity index (χ2n) is 7.61. The number of anilines is 2. The van der Waals surface area contributed by atoms with E-state index in [2.05, 4.69) is 57.5 Å². The monoisotopic (exact) mass is 418 g/mol. The summed E-state index contributed by atoms with van der Waals surface area (Å²) < 4.78 is 0. The molecule has 0 aliphatic carbocycles. The van der Waals surface area contributed by atoms with Gasteiger partial charge in [-0.05, 0) is 38.3 Å². The summed E-state index contributed by atoms with van der Waals surface area (Å²) in [6.07, 6.45) is 5.65. The summed E-state index contributed by atoms with van der Waals surface area (Å²) in [5, 5.41) is 4.62. The highest BCUT2D eigenvalue weighted by atomic mass is 32.1. The van der Waals surface area contributed by atoms with Gasteiger partial charge >= 0.3 is 0 Å². The van der Waals surface area contributed by atoms with Gasteiger partial charge in [0, 0.05) is 37.3 Å². The van der Waals surface area contributed by atoms with Crippen molar-refractivity contribution in [3.8, 4) is 11.3 Å². The number of hydrogen-bond acceptors (Lipinski definition) is 7. The molecule has 0 saturated heterocycles. The minimum Gasteiger partial charge on any atom is -0.369 e. The Balaban J connectivity index is 1.37. The molecule has 0 spiro atoms. The van der Waals surface area contributed by atoms with Gasteiger partial charge in [-0.25, -0.2) is 4.98 Å². The molecule has 3 heterocycles. The number of benzene rings is 1. The van der Waals surface area contributed by atoms with Gasteiger partial charge in [-0.2, -0.15) is 4.98 Å². The number of nitrogens with one attached hydrogen (secondary N) is 1. The molecule has 154 valence electrons. The first-order valence-electron chi connectivity index (χ1n) is 10.1. The van der Waals surface area contributed by atoms with Crippen LogP contribution in [0.1, 0.15) is 22.6 Å². The molecule has 0 radical (unpaired) electrons. The zero-order valence-electron chi connectivity index (χ0n) is 17.8. The fourth-order valence-electron chi connectivity index (χ4n) is 3.25. The van der Waals surface area contributed by atoms with Crippen LogP contribution >= 0.6 is 11.3 Å². The zero-order valence-corrected chi connectivity index (χ0v) is 18.6. The summed E-state index contributed by atoms with van der Waals surface area (Å²) in [5.74, 6) is 1.66. The van der Waals surface area contributed by atoms with E-state index in [1.54, 1.807) is 17.5 Å². The normalized spacial score (nSPS) is 11.1. The van der Waals surface area contributed by atoms with E-state index in [1.165, 1.54) is 10.4 Å². The fourth-order valence-corrected chi connectivity index (χ4v) is 4.12. The molecule has 0 amide bonds. The highest BCUT2D eigenvalue weighted by Gasteiger charge is 2.11. The van der Waals surface area contributed by atoms with Crippen LogP contribution in [0, 0.1) is 13.8 Å². The van der Waals surface area contributed by atoms with Gasteiger partial charge in [0.05, 0.1) is 23.0 Å².